The fourth-order valence-corrected chi connectivity index (χ4v) is 5.60. The van der Waals surface area contributed by atoms with Crippen LogP contribution in [0.15, 0.2) is 53.3 Å². The zero-order valence-electron chi connectivity index (χ0n) is 21.6. The molecule has 7 nitrogen and oxygen atoms in total. The van der Waals surface area contributed by atoms with Crippen molar-refractivity contribution in [1.82, 2.24) is 30.1 Å². The number of nitrogens with one attached hydrogen (secondary N) is 1. The molecule has 2 heterocycles. The maximum atomic E-state index is 13.2. The minimum absolute atomic E-state index is 0.00660. The van der Waals surface area contributed by atoms with Gasteiger partial charge in [-0.1, -0.05) is 56.5 Å². The van der Waals surface area contributed by atoms with E-state index in [4.69, 9.17) is 0 Å². The van der Waals surface area contributed by atoms with Gasteiger partial charge in [0, 0.05) is 23.7 Å². The van der Waals surface area contributed by atoms with Crippen LogP contribution in [0, 0.1) is 13.8 Å². The highest BCUT2D eigenvalue weighted by molar-refractivity contribution is 5.80. The Morgan fingerprint density at radius 3 is 2.58 bits per heavy atom. The van der Waals surface area contributed by atoms with E-state index < -0.39 is 0 Å². The molecular formula is C29H36N6O. The van der Waals surface area contributed by atoms with Crippen molar-refractivity contribution in [1.29, 1.82) is 0 Å². The lowest BCUT2D eigenvalue weighted by molar-refractivity contribution is 0.108. The molecule has 0 unspecified atom stereocenters. The third kappa shape index (κ3) is 5.12. The monoisotopic (exact) mass is 484 g/mol. The van der Waals surface area contributed by atoms with E-state index in [2.05, 4.69) is 76.5 Å². The summed E-state index contributed by atoms with van der Waals surface area (Å²) in [6.07, 6.45) is 6.69. The fourth-order valence-electron chi connectivity index (χ4n) is 5.60. The molecular weight excluding hydrogens is 448 g/mol. The summed E-state index contributed by atoms with van der Waals surface area (Å²) >= 11 is 0. The van der Waals surface area contributed by atoms with Gasteiger partial charge >= 0.3 is 0 Å². The van der Waals surface area contributed by atoms with Gasteiger partial charge in [-0.25, -0.2) is 4.68 Å². The Morgan fingerprint density at radius 2 is 1.83 bits per heavy atom. The molecule has 0 bridgehead atoms. The van der Waals surface area contributed by atoms with Crippen LogP contribution >= 0.6 is 0 Å². The molecule has 1 aliphatic carbocycles. The number of hydrogen-bond acceptors (Lipinski definition) is 5. The molecule has 188 valence electrons. The number of aromatic amines is 1. The van der Waals surface area contributed by atoms with Crippen LogP contribution in [0.4, 0.5) is 0 Å². The Labute approximate surface area is 212 Å². The normalized spacial score (nSPS) is 15.2. The first kappa shape index (κ1) is 24.4. The minimum atomic E-state index is -0.00660. The second kappa shape index (κ2) is 10.7. The molecule has 0 saturated heterocycles. The summed E-state index contributed by atoms with van der Waals surface area (Å²) in [4.78, 5) is 18.9. The van der Waals surface area contributed by atoms with Gasteiger partial charge in [-0.3, -0.25) is 9.69 Å². The lowest BCUT2D eigenvalue weighted by atomic mass is 10.0. The summed E-state index contributed by atoms with van der Waals surface area (Å²) in [7, 11) is 0. The number of fused-ring (bicyclic) bond motifs is 1. The number of benzene rings is 2. The van der Waals surface area contributed by atoms with Crippen molar-refractivity contribution in [3.8, 4) is 0 Å². The number of hydrogen-bond donors (Lipinski definition) is 1. The summed E-state index contributed by atoms with van der Waals surface area (Å²) < 4.78 is 1.94. The fraction of sp³-hybridized carbons (Fsp3) is 0.448. The van der Waals surface area contributed by atoms with Crippen LogP contribution < -0.4 is 5.56 Å². The van der Waals surface area contributed by atoms with Crippen molar-refractivity contribution in [3.05, 3.63) is 87.0 Å². The van der Waals surface area contributed by atoms with Gasteiger partial charge < -0.3 is 4.98 Å². The van der Waals surface area contributed by atoms with E-state index in [1.165, 1.54) is 29.5 Å². The van der Waals surface area contributed by atoms with Gasteiger partial charge in [-0.15, -0.1) is 5.10 Å². The summed E-state index contributed by atoms with van der Waals surface area (Å²) in [5.41, 5.74) is 5.29. The van der Waals surface area contributed by atoms with Crippen LogP contribution in [0.2, 0.25) is 0 Å². The lowest BCUT2D eigenvalue weighted by Crippen LogP contribution is -2.39. The lowest BCUT2D eigenvalue weighted by Gasteiger charge is -2.35. The molecule has 0 aliphatic heterocycles. The molecule has 2 aromatic carbocycles. The van der Waals surface area contributed by atoms with E-state index in [1.807, 2.05) is 22.9 Å². The number of nitrogens with zero attached hydrogens (tertiary/aromatic N) is 5. The van der Waals surface area contributed by atoms with Gasteiger partial charge in [-0.05, 0) is 83.8 Å². The van der Waals surface area contributed by atoms with E-state index >= 15 is 0 Å². The highest BCUT2D eigenvalue weighted by Crippen LogP contribution is 2.34. The first-order valence-electron chi connectivity index (χ1n) is 13.2. The summed E-state index contributed by atoms with van der Waals surface area (Å²) in [5.74, 6) is 0.885. The minimum Gasteiger partial charge on any atom is -0.322 e. The highest BCUT2D eigenvalue weighted by Gasteiger charge is 2.33. The molecule has 1 saturated carbocycles. The van der Waals surface area contributed by atoms with Crippen LogP contribution in [-0.4, -0.2) is 36.1 Å². The highest BCUT2D eigenvalue weighted by atomic mass is 16.1. The molecule has 7 heteroatoms. The molecule has 1 N–H and O–H groups in total. The second-order valence-corrected chi connectivity index (χ2v) is 10.2. The maximum Gasteiger partial charge on any atom is 0.252 e. The zero-order chi connectivity index (χ0) is 25.1. The van der Waals surface area contributed by atoms with Crippen molar-refractivity contribution in [2.24, 2.45) is 0 Å². The van der Waals surface area contributed by atoms with Crippen molar-refractivity contribution >= 4 is 10.9 Å². The molecule has 0 spiro atoms. The van der Waals surface area contributed by atoms with Crippen molar-refractivity contribution in [3.63, 3.8) is 0 Å². The van der Waals surface area contributed by atoms with E-state index in [0.29, 0.717) is 19.1 Å². The first-order valence-corrected chi connectivity index (χ1v) is 13.2. The predicted molar refractivity (Wildman–Crippen MR) is 143 cm³/mol. The van der Waals surface area contributed by atoms with Gasteiger partial charge in [0.25, 0.3) is 5.56 Å². The molecule has 1 atom stereocenters. The molecule has 36 heavy (non-hydrogen) atoms. The van der Waals surface area contributed by atoms with E-state index in [1.54, 1.807) is 0 Å². The number of H-pyrrole nitrogens is 1. The Morgan fingerprint density at radius 1 is 1.08 bits per heavy atom. The van der Waals surface area contributed by atoms with Crippen LogP contribution in [0.25, 0.3) is 10.9 Å². The number of aryl methyl sites for hydroxylation is 2. The average Bonchev–Trinajstić information content (AvgIpc) is 3.56. The number of pyridine rings is 1. The SMILES string of the molecule is CCC[C@@H](c1nnnn1Cc1ccccc1)N(Cc1cc2cc(C)c(C)cc2[nH]c1=O)C1CCCC1. The Balaban J connectivity index is 1.52. The van der Waals surface area contributed by atoms with Crippen LogP contribution in [-0.2, 0) is 13.1 Å². The van der Waals surface area contributed by atoms with Crippen LogP contribution in [0.1, 0.15) is 79.6 Å². The van der Waals surface area contributed by atoms with Gasteiger partial charge in [0.2, 0.25) is 0 Å². The Hall–Kier alpha value is -3.32. The molecule has 5 rings (SSSR count). The largest absolute Gasteiger partial charge is 0.322 e. The standard InChI is InChI=1S/C29H36N6O/c1-4-10-27(28-31-32-33-35(28)18-22-11-6-5-7-12-22)34(25-13-8-9-14-25)19-24-17-23-15-20(2)21(3)16-26(23)30-29(24)36/h5-7,11-12,15-17,25,27H,4,8-10,13-14,18-19H2,1-3H3,(H,30,36)/t27-/m0/s1. The molecule has 1 fully saturated rings. The molecule has 0 amide bonds. The topological polar surface area (TPSA) is 79.7 Å². The molecule has 1 aliphatic rings. The van der Waals surface area contributed by atoms with Crippen molar-refractivity contribution < 1.29 is 0 Å². The second-order valence-electron chi connectivity index (χ2n) is 10.2. The van der Waals surface area contributed by atoms with Crippen LogP contribution in [0.5, 0.6) is 0 Å². The number of tetrazole rings is 1. The Bertz CT molecular complexity index is 1370. The summed E-state index contributed by atoms with van der Waals surface area (Å²) in [6.45, 7) is 7.63. The third-order valence-corrected chi connectivity index (χ3v) is 7.68. The van der Waals surface area contributed by atoms with Crippen molar-refractivity contribution in [2.75, 3.05) is 0 Å². The van der Waals surface area contributed by atoms with Gasteiger partial charge in [0.1, 0.15) is 0 Å². The number of rotatable bonds is 9. The van der Waals surface area contributed by atoms with Crippen molar-refractivity contribution in [2.45, 2.75) is 84.5 Å². The molecule has 2 aromatic heterocycles. The summed E-state index contributed by atoms with van der Waals surface area (Å²) in [6, 6.07) is 17.1. The average molecular weight is 485 g/mol. The van der Waals surface area contributed by atoms with Gasteiger partial charge in [-0.2, -0.15) is 0 Å². The van der Waals surface area contributed by atoms with Crippen LogP contribution in [0.3, 0.4) is 0 Å². The maximum absolute atomic E-state index is 13.2. The van der Waals surface area contributed by atoms with E-state index in [0.717, 1.165) is 48.0 Å². The van der Waals surface area contributed by atoms with E-state index in [9.17, 15) is 4.79 Å². The third-order valence-electron chi connectivity index (χ3n) is 7.68. The summed E-state index contributed by atoms with van der Waals surface area (Å²) in [5, 5.41) is 14.1. The zero-order valence-corrected chi connectivity index (χ0v) is 21.6. The molecule has 0 radical (unpaired) electrons. The number of aromatic nitrogens is 5. The van der Waals surface area contributed by atoms with Gasteiger partial charge in [0.05, 0.1) is 12.6 Å². The van der Waals surface area contributed by atoms with E-state index in [-0.39, 0.29) is 11.6 Å². The first-order chi connectivity index (χ1) is 17.5. The Kier molecular flexibility index (Phi) is 7.28. The molecule has 4 aromatic rings. The predicted octanol–water partition coefficient (Wildman–Crippen LogP) is 5.47. The smallest absolute Gasteiger partial charge is 0.252 e. The van der Waals surface area contributed by atoms with Gasteiger partial charge in [0.15, 0.2) is 5.82 Å². The quantitative estimate of drug-likeness (QED) is 0.341.